The Kier molecular flexibility index (Phi) is 4.05. The maximum Gasteiger partial charge on any atom is 0.175 e. The standard InChI is InChI=1S/C18H17NO3S/c1-3-16-17(13-9-11-15(12-10-13)23(2,20)21)18(22-19-16)14-7-5-4-6-8-14/h4-12H,3H2,1-2H3. The lowest BCUT2D eigenvalue weighted by Gasteiger charge is -2.05. The molecule has 0 bridgehead atoms. The van der Waals surface area contributed by atoms with E-state index in [1.54, 1.807) is 24.3 Å². The molecule has 0 amide bonds. The molecule has 0 fully saturated rings. The fourth-order valence-electron chi connectivity index (χ4n) is 2.52. The first-order chi connectivity index (χ1) is 11.0. The summed E-state index contributed by atoms with van der Waals surface area (Å²) in [6.45, 7) is 2.01. The first-order valence-electron chi connectivity index (χ1n) is 7.35. The minimum absolute atomic E-state index is 0.303. The fraction of sp³-hybridized carbons (Fsp3) is 0.167. The van der Waals surface area contributed by atoms with Gasteiger partial charge < -0.3 is 4.52 Å². The number of hydrogen-bond acceptors (Lipinski definition) is 4. The van der Waals surface area contributed by atoms with E-state index in [0.717, 1.165) is 28.8 Å². The maximum atomic E-state index is 11.6. The van der Waals surface area contributed by atoms with Crippen LogP contribution in [0.15, 0.2) is 64.0 Å². The van der Waals surface area contributed by atoms with Crippen LogP contribution in [0.4, 0.5) is 0 Å². The van der Waals surface area contributed by atoms with Gasteiger partial charge in [0, 0.05) is 11.8 Å². The third kappa shape index (κ3) is 3.05. The van der Waals surface area contributed by atoms with E-state index in [2.05, 4.69) is 5.16 Å². The molecule has 0 aliphatic heterocycles. The molecular weight excluding hydrogens is 310 g/mol. The lowest BCUT2D eigenvalue weighted by atomic mass is 9.99. The summed E-state index contributed by atoms with van der Waals surface area (Å²) >= 11 is 0. The zero-order valence-electron chi connectivity index (χ0n) is 13.0. The summed E-state index contributed by atoms with van der Waals surface area (Å²) in [5.41, 5.74) is 3.62. The Morgan fingerprint density at radius 2 is 1.61 bits per heavy atom. The highest BCUT2D eigenvalue weighted by atomic mass is 32.2. The summed E-state index contributed by atoms with van der Waals surface area (Å²) in [4.78, 5) is 0.303. The number of aromatic nitrogens is 1. The maximum absolute atomic E-state index is 11.6. The highest BCUT2D eigenvalue weighted by Gasteiger charge is 2.18. The van der Waals surface area contributed by atoms with Crippen LogP contribution in [0.1, 0.15) is 12.6 Å². The number of rotatable bonds is 4. The van der Waals surface area contributed by atoms with Gasteiger partial charge in [0.25, 0.3) is 0 Å². The van der Waals surface area contributed by atoms with Crippen LogP contribution in [0, 0.1) is 0 Å². The second-order valence-corrected chi connectivity index (χ2v) is 7.37. The second-order valence-electron chi connectivity index (χ2n) is 5.35. The third-order valence-electron chi connectivity index (χ3n) is 3.70. The zero-order valence-corrected chi connectivity index (χ0v) is 13.8. The Balaban J connectivity index is 2.14. The molecule has 2 aromatic carbocycles. The Hall–Kier alpha value is -2.40. The highest BCUT2D eigenvalue weighted by Crippen LogP contribution is 2.35. The molecule has 0 unspecified atom stereocenters. The molecule has 1 aromatic heterocycles. The highest BCUT2D eigenvalue weighted by molar-refractivity contribution is 7.90. The summed E-state index contributed by atoms with van der Waals surface area (Å²) in [6.07, 6.45) is 1.94. The van der Waals surface area contributed by atoms with Crippen molar-refractivity contribution in [3.63, 3.8) is 0 Å². The average Bonchev–Trinajstić information content (AvgIpc) is 2.99. The van der Waals surface area contributed by atoms with Crippen LogP contribution in [0.2, 0.25) is 0 Å². The van der Waals surface area contributed by atoms with Crippen LogP contribution in [0.5, 0.6) is 0 Å². The van der Waals surface area contributed by atoms with E-state index in [9.17, 15) is 8.42 Å². The summed E-state index contributed by atoms with van der Waals surface area (Å²) in [5.74, 6) is 0.703. The predicted octanol–water partition coefficient (Wildman–Crippen LogP) is 3.97. The van der Waals surface area contributed by atoms with Gasteiger partial charge >= 0.3 is 0 Å². The molecule has 5 heteroatoms. The predicted molar refractivity (Wildman–Crippen MR) is 89.9 cm³/mol. The van der Waals surface area contributed by atoms with Crippen LogP contribution in [-0.2, 0) is 16.3 Å². The van der Waals surface area contributed by atoms with Crippen LogP contribution in [-0.4, -0.2) is 19.8 Å². The van der Waals surface area contributed by atoms with Gasteiger partial charge in [0.1, 0.15) is 0 Å². The van der Waals surface area contributed by atoms with E-state index in [-0.39, 0.29) is 0 Å². The monoisotopic (exact) mass is 327 g/mol. The molecule has 0 aliphatic carbocycles. The molecule has 0 saturated heterocycles. The van der Waals surface area contributed by atoms with Crippen molar-refractivity contribution in [2.75, 3.05) is 6.26 Å². The first-order valence-corrected chi connectivity index (χ1v) is 9.24. The zero-order chi connectivity index (χ0) is 16.4. The Morgan fingerprint density at radius 1 is 0.957 bits per heavy atom. The molecule has 0 atom stereocenters. The Morgan fingerprint density at radius 3 is 2.17 bits per heavy atom. The number of benzene rings is 2. The van der Waals surface area contributed by atoms with Crippen LogP contribution in [0.25, 0.3) is 22.5 Å². The molecule has 23 heavy (non-hydrogen) atoms. The Bertz CT molecular complexity index is 911. The van der Waals surface area contributed by atoms with Crippen LogP contribution >= 0.6 is 0 Å². The minimum Gasteiger partial charge on any atom is -0.355 e. The molecule has 4 nitrogen and oxygen atoms in total. The van der Waals surface area contributed by atoms with Crippen LogP contribution < -0.4 is 0 Å². The lowest BCUT2D eigenvalue weighted by Crippen LogP contribution is -1.96. The molecule has 118 valence electrons. The molecule has 3 aromatic rings. The van der Waals surface area contributed by atoms with Crippen molar-refractivity contribution in [3.8, 4) is 22.5 Å². The molecule has 0 radical (unpaired) electrons. The molecule has 0 spiro atoms. The number of hydrogen-bond donors (Lipinski definition) is 0. The van der Waals surface area contributed by atoms with Crippen molar-refractivity contribution in [3.05, 3.63) is 60.3 Å². The molecule has 0 aliphatic rings. The summed E-state index contributed by atoms with van der Waals surface area (Å²) in [5, 5.41) is 4.17. The van der Waals surface area contributed by atoms with Crippen molar-refractivity contribution >= 4 is 9.84 Å². The SMILES string of the molecule is CCc1noc(-c2ccccc2)c1-c1ccc(S(C)(=O)=O)cc1. The normalized spacial score (nSPS) is 11.6. The number of nitrogens with zero attached hydrogens (tertiary/aromatic N) is 1. The molecular formula is C18H17NO3S. The summed E-state index contributed by atoms with van der Waals surface area (Å²) in [7, 11) is -3.21. The van der Waals surface area contributed by atoms with E-state index in [0.29, 0.717) is 10.7 Å². The van der Waals surface area contributed by atoms with Crippen molar-refractivity contribution in [2.24, 2.45) is 0 Å². The van der Waals surface area contributed by atoms with Crippen molar-refractivity contribution in [1.29, 1.82) is 0 Å². The third-order valence-corrected chi connectivity index (χ3v) is 4.83. The van der Waals surface area contributed by atoms with Gasteiger partial charge in [0.05, 0.1) is 16.2 Å². The lowest BCUT2D eigenvalue weighted by molar-refractivity contribution is 0.424. The van der Waals surface area contributed by atoms with E-state index < -0.39 is 9.84 Å². The Labute approximate surface area is 135 Å². The van der Waals surface area contributed by atoms with Gasteiger partial charge in [-0.15, -0.1) is 0 Å². The second kappa shape index (κ2) is 6.01. The number of aryl methyl sites for hydroxylation is 1. The largest absolute Gasteiger partial charge is 0.355 e. The van der Waals surface area contributed by atoms with Gasteiger partial charge in [-0.05, 0) is 24.1 Å². The summed E-state index contributed by atoms with van der Waals surface area (Å²) < 4.78 is 28.8. The number of sulfone groups is 1. The van der Waals surface area contributed by atoms with Gasteiger partial charge in [-0.2, -0.15) is 0 Å². The van der Waals surface area contributed by atoms with E-state index in [1.165, 1.54) is 6.26 Å². The quantitative estimate of drug-likeness (QED) is 0.727. The molecule has 3 rings (SSSR count). The minimum atomic E-state index is -3.21. The van der Waals surface area contributed by atoms with Crippen LogP contribution in [0.3, 0.4) is 0 Å². The summed E-state index contributed by atoms with van der Waals surface area (Å²) in [6, 6.07) is 16.6. The molecule has 0 N–H and O–H groups in total. The van der Waals surface area contributed by atoms with E-state index >= 15 is 0 Å². The van der Waals surface area contributed by atoms with Gasteiger partial charge in [-0.25, -0.2) is 8.42 Å². The molecule has 0 saturated carbocycles. The van der Waals surface area contributed by atoms with Gasteiger partial charge in [0.2, 0.25) is 0 Å². The van der Waals surface area contributed by atoms with Gasteiger partial charge in [0.15, 0.2) is 15.6 Å². The van der Waals surface area contributed by atoms with Gasteiger partial charge in [-0.1, -0.05) is 54.5 Å². The smallest absolute Gasteiger partial charge is 0.175 e. The van der Waals surface area contributed by atoms with Crippen molar-refractivity contribution in [1.82, 2.24) is 5.16 Å². The van der Waals surface area contributed by atoms with E-state index in [1.807, 2.05) is 37.3 Å². The van der Waals surface area contributed by atoms with Crippen molar-refractivity contribution < 1.29 is 12.9 Å². The van der Waals surface area contributed by atoms with Crippen molar-refractivity contribution in [2.45, 2.75) is 18.2 Å². The average molecular weight is 327 g/mol. The topological polar surface area (TPSA) is 60.2 Å². The van der Waals surface area contributed by atoms with Gasteiger partial charge in [-0.3, -0.25) is 0 Å². The first kappa shape index (κ1) is 15.5. The molecule has 1 heterocycles. The fourth-order valence-corrected chi connectivity index (χ4v) is 3.15. The van der Waals surface area contributed by atoms with E-state index in [4.69, 9.17) is 4.52 Å².